The summed E-state index contributed by atoms with van der Waals surface area (Å²) in [7, 11) is 0. The molecule has 0 fully saturated rings. The molecule has 0 spiro atoms. The summed E-state index contributed by atoms with van der Waals surface area (Å²) in [5, 5.41) is 6.19. The number of aromatic nitrogens is 1. The Kier molecular flexibility index (Phi) is 3.62. The summed E-state index contributed by atoms with van der Waals surface area (Å²) in [4.78, 5) is 26.2. The van der Waals surface area contributed by atoms with Crippen molar-refractivity contribution in [1.82, 2.24) is 15.6 Å². The van der Waals surface area contributed by atoms with Gasteiger partial charge in [-0.15, -0.1) is 0 Å². The molecule has 0 aliphatic rings. The number of likely N-dealkylation sites (N-methyl/N-ethyl adjacent to an activating group) is 1. The van der Waals surface area contributed by atoms with E-state index in [1.165, 1.54) is 0 Å². The maximum absolute atomic E-state index is 12.0. The average molecular weight is 245 g/mol. The van der Waals surface area contributed by atoms with Gasteiger partial charge in [-0.3, -0.25) is 9.59 Å². The van der Waals surface area contributed by atoms with Crippen molar-refractivity contribution in [3.63, 3.8) is 0 Å². The monoisotopic (exact) mass is 245 g/mol. The Labute approximate surface area is 105 Å². The first-order valence-corrected chi connectivity index (χ1v) is 5.83. The molecule has 2 aromatic rings. The van der Waals surface area contributed by atoms with E-state index in [-0.39, 0.29) is 18.4 Å². The molecule has 0 saturated heterocycles. The second-order valence-corrected chi connectivity index (χ2v) is 3.88. The van der Waals surface area contributed by atoms with E-state index in [1.54, 1.807) is 12.3 Å². The molecule has 1 aromatic heterocycles. The average Bonchev–Trinajstić information content (AvgIpc) is 2.84. The molecule has 1 aromatic carbocycles. The number of fused-ring (bicyclic) bond motifs is 1. The van der Waals surface area contributed by atoms with E-state index in [1.807, 2.05) is 25.1 Å². The van der Waals surface area contributed by atoms with Crippen LogP contribution in [0.5, 0.6) is 0 Å². The van der Waals surface area contributed by atoms with Crippen LogP contribution in [0.15, 0.2) is 30.5 Å². The molecule has 0 saturated carbocycles. The number of hydrogen-bond donors (Lipinski definition) is 3. The van der Waals surface area contributed by atoms with Crippen LogP contribution in [0.1, 0.15) is 17.3 Å². The zero-order chi connectivity index (χ0) is 13.0. The van der Waals surface area contributed by atoms with Gasteiger partial charge >= 0.3 is 0 Å². The fourth-order valence-corrected chi connectivity index (χ4v) is 1.79. The minimum atomic E-state index is -0.255. The van der Waals surface area contributed by atoms with E-state index in [4.69, 9.17) is 0 Å². The van der Waals surface area contributed by atoms with E-state index < -0.39 is 0 Å². The molecule has 5 nitrogen and oxygen atoms in total. The maximum atomic E-state index is 12.0. The minimum Gasteiger partial charge on any atom is -0.361 e. The molecule has 0 aliphatic heterocycles. The molecule has 1 heterocycles. The number of amides is 2. The molecule has 0 bridgehead atoms. The number of H-pyrrole nitrogens is 1. The largest absolute Gasteiger partial charge is 0.361 e. The number of carbonyl (C=O) groups is 2. The fraction of sp³-hybridized carbons (Fsp3) is 0.231. The summed E-state index contributed by atoms with van der Waals surface area (Å²) in [5.41, 5.74) is 1.33. The van der Waals surface area contributed by atoms with Crippen LogP contribution < -0.4 is 10.6 Å². The Morgan fingerprint density at radius 2 is 2.06 bits per heavy atom. The van der Waals surface area contributed by atoms with Gasteiger partial charge in [-0.2, -0.15) is 0 Å². The van der Waals surface area contributed by atoms with Gasteiger partial charge in [0.25, 0.3) is 5.91 Å². The predicted octanol–water partition coefficient (Wildman–Crippen LogP) is 1.03. The molecule has 0 atom stereocenters. The molecular formula is C13H15N3O2. The van der Waals surface area contributed by atoms with Gasteiger partial charge < -0.3 is 15.6 Å². The molecular weight excluding hydrogens is 230 g/mol. The van der Waals surface area contributed by atoms with Crippen LogP contribution in [-0.4, -0.2) is 29.9 Å². The van der Waals surface area contributed by atoms with Gasteiger partial charge in [-0.05, 0) is 19.1 Å². The fourth-order valence-electron chi connectivity index (χ4n) is 1.79. The number of benzene rings is 1. The number of hydrogen-bond acceptors (Lipinski definition) is 2. The van der Waals surface area contributed by atoms with Crippen molar-refractivity contribution in [2.75, 3.05) is 13.1 Å². The Morgan fingerprint density at radius 1 is 1.22 bits per heavy atom. The summed E-state index contributed by atoms with van der Waals surface area (Å²) in [6.45, 7) is 2.38. The molecule has 18 heavy (non-hydrogen) atoms. The number of rotatable bonds is 4. The molecule has 2 rings (SSSR count). The summed E-state index contributed by atoms with van der Waals surface area (Å²) in [6, 6.07) is 7.37. The van der Waals surface area contributed by atoms with E-state index in [0.29, 0.717) is 12.1 Å². The van der Waals surface area contributed by atoms with Crippen molar-refractivity contribution in [3.05, 3.63) is 36.0 Å². The van der Waals surface area contributed by atoms with Gasteiger partial charge in [0, 0.05) is 18.1 Å². The number of para-hydroxylation sites is 1. The normalized spacial score (nSPS) is 10.3. The van der Waals surface area contributed by atoms with Crippen LogP contribution >= 0.6 is 0 Å². The van der Waals surface area contributed by atoms with Gasteiger partial charge in [0.15, 0.2) is 0 Å². The van der Waals surface area contributed by atoms with E-state index >= 15 is 0 Å². The first kappa shape index (κ1) is 12.2. The van der Waals surface area contributed by atoms with Crippen molar-refractivity contribution in [2.24, 2.45) is 0 Å². The van der Waals surface area contributed by atoms with Crippen molar-refractivity contribution in [1.29, 1.82) is 0 Å². The van der Waals surface area contributed by atoms with E-state index in [9.17, 15) is 9.59 Å². The molecule has 3 N–H and O–H groups in total. The number of aromatic amines is 1. The summed E-state index contributed by atoms with van der Waals surface area (Å²) in [5.74, 6) is -0.446. The highest BCUT2D eigenvalue weighted by Gasteiger charge is 2.11. The quantitative estimate of drug-likeness (QED) is 0.752. The van der Waals surface area contributed by atoms with Crippen LogP contribution in [0.25, 0.3) is 10.9 Å². The SMILES string of the molecule is CCNC(=O)CNC(=O)c1cccc2cc[nH]c12. The topological polar surface area (TPSA) is 74.0 Å². The first-order valence-electron chi connectivity index (χ1n) is 5.83. The summed E-state index contributed by atoms with van der Waals surface area (Å²) < 4.78 is 0. The zero-order valence-electron chi connectivity index (χ0n) is 10.1. The Bertz CT molecular complexity index is 574. The standard InChI is InChI=1S/C13H15N3O2/c1-2-14-11(17)8-16-13(18)10-5-3-4-9-6-7-15-12(9)10/h3-7,15H,2,8H2,1H3,(H,14,17)(H,16,18). The smallest absolute Gasteiger partial charge is 0.253 e. The third-order valence-electron chi connectivity index (χ3n) is 2.62. The highest BCUT2D eigenvalue weighted by Crippen LogP contribution is 2.16. The Balaban J connectivity index is 2.09. The van der Waals surface area contributed by atoms with Crippen LogP contribution in [0.3, 0.4) is 0 Å². The second kappa shape index (κ2) is 5.35. The van der Waals surface area contributed by atoms with Crippen LogP contribution in [-0.2, 0) is 4.79 Å². The van der Waals surface area contributed by atoms with Gasteiger partial charge in [0.1, 0.15) is 0 Å². The van der Waals surface area contributed by atoms with Crippen molar-refractivity contribution >= 4 is 22.7 Å². The van der Waals surface area contributed by atoms with Gasteiger partial charge in [0.05, 0.1) is 17.6 Å². The van der Waals surface area contributed by atoms with Crippen LogP contribution in [0.2, 0.25) is 0 Å². The highest BCUT2D eigenvalue weighted by atomic mass is 16.2. The lowest BCUT2D eigenvalue weighted by Gasteiger charge is -2.06. The third-order valence-corrected chi connectivity index (χ3v) is 2.62. The first-order chi connectivity index (χ1) is 8.72. The molecule has 2 amide bonds. The van der Waals surface area contributed by atoms with Crippen molar-refractivity contribution < 1.29 is 9.59 Å². The predicted molar refractivity (Wildman–Crippen MR) is 69.3 cm³/mol. The molecule has 0 unspecified atom stereocenters. The zero-order valence-corrected chi connectivity index (χ0v) is 10.1. The lowest BCUT2D eigenvalue weighted by Crippen LogP contribution is -2.36. The van der Waals surface area contributed by atoms with Crippen molar-refractivity contribution in [2.45, 2.75) is 6.92 Å². The van der Waals surface area contributed by atoms with E-state index in [0.717, 1.165) is 10.9 Å². The summed E-state index contributed by atoms with van der Waals surface area (Å²) in [6.07, 6.45) is 1.78. The van der Waals surface area contributed by atoms with Gasteiger partial charge in [-0.1, -0.05) is 12.1 Å². The highest BCUT2D eigenvalue weighted by molar-refractivity contribution is 6.06. The number of nitrogens with one attached hydrogen (secondary N) is 3. The molecule has 5 heteroatoms. The maximum Gasteiger partial charge on any atom is 0.253 e. The van der Waals surface area contributed by atoms with Gasteiger partial charge in [-0.25, -0.2) is 0 Å². The van der Waals surface area contributed by atoms with Crippen LogP contribution in [0.4, 0.5) is 0 Å². The van der Waals surface area contributed by atoms with Gasteiger partial charge in [0.2, 0.25) is 5.91 Å². The molecule has 0 aliphatic carbocycles. The molecule has 0 radical (unpaired) electrons. The summed E-state index contributed by atoms with van der Waals surface area (Å²) >= 11 is 0. The Hall–Kier alpha value is -2.30. The lowest BCUT2D eigenvalue weighted by atomic mass is 10.1. The second-order valence-electron chi connectivity index (χ2n) is 3.88. The number of carbonyl (C=O) groups excluding carboxylic acids is 2. The lowest BCUT2D eigenvalue weighted by molar-refractivity contribution is -0.120. The Morgan fingerprint density at radius 3 is 2.83 bits per heavy atom. The minimum absolute atomic E-state index is 0.0101. The van der Waals surface area contributed by atoms with E-state index in [2.05, 4.69) is 15.6 Å². The van der Waals surface area contributed by atoms with Crippen molar-refractivity contribution in [3.8, 4) is 0 Å². The van der Waals surface area contributed by atoms with Crippen LogP contribution in [0, 0.1) is 0 Å². The third kappa shape index (κ3) is 2.51. The molecule has 94 valence electrons.